The van der Waals surface area contributed by atoms with E-state index in [9.17, 15) is 4.57 Å². The van der Waals surface area contributed by atoms with E-state index < -0.39 is 8.03 Å². The summed E-state index contributed by atoms with van der Waals surface area (Å²) in [6.45, 7) is 4.82. The highest BCUT2D eigenvalue weighted by atomic mass is 31.1. The average molecular weight is 324 g/mol. The molecule has 4 heteroatoms. The Morgan fingerprint density at radius 3 is 2.18 bits per heavy atom. The van der Waals surface area contributed by atoms with E-state index in [1.807, 2.05) is 6.92 Å². The molecule has 124 valence electrons. The van der Waals surface area contributed by atoms with Gasteiger partial charge in [-0.15, -0.1) is 0 Å². The van der Waals surface area contributed by atoms with Crippen molar-refractivity contribution in [2.75, 3.05) is 0 Å². The van der Waals surface area contributed by atoms with Gasteiger partial charge in [-0.3, -0.25) is 5.32 Å². The molecule has 0 fully saturated rings. The van der Waals surface area contributed by atoms with Gasteiger partial charge in [0.2, 0.25) is 5.78 Å². The van der Waals surface area contributed by atoms with Gasteiger partial charge in [0.15, 0.2) is 0 Å². The molecule has 1 aromatic rings. The predicted octanol–water partition coefficient (Wildman–Crippen LogP) is 5.15. The summed E-state index contributed by atoms with van der Waals surface area (Å²) in [6.07, 6.45) is 9.80. The van der Waals surface area contributed by atoms with Crippen molar-refractivity contribution in [2.45, 2.75) is 77.5 Å². The Hall–Kier alpha value is -0.760. The molecule has 0 aliphatic carbocycles. The molecule has 0 amide bonds. The predicted molar refractivity (Wildman–Crippen MR) is 94.3 cm³/mol. The number of rotatable bonds is 12. The molecule has 2 unspecified atom stereocenters. The third kappa shape index (κ3) is 8.03. The molecule has 1 aromatic carbocycles. The average Bonchev–Trinajstić information content (AvgIpc) is 2.52. The first-order valence-corrected chi connectivity index (χ1v) is 9.92. The third-order valence-electron chi connectivity index (χ3n) is 4.04. The molecule has 0 heterocycles. The summed E-state index contributed by atoms with van der Waals surface area (Å²) in [5.74, 6) is -0.308. The van der Waals surface area contributed by atoms with Gasteiger partial charge in [0, 0.05) is 13.0 Å². The maximum absolute atomic E-state index is 11.1. The van der Waals surface area contributed by atoms with Gasteiger partial charge in [-0.25, -0.2) is 0 Å². The summed E-state index contributed by atoms with van der Waals surface area (Å²) in [5, 5.41) is 3.14. The molecule has 0 aliphatic rings. The van der Waals surface area contributed by atoms with E-state index >= 15 is 0 Å². The summed E-state index contributed by atoms with van der Waals surface area (Å²) in [5.41, 5.74) is 2.56. The minimum absolute atomic E-state index is 0.308. The Bertz CT molecular complexity index is 420. The minimum atomic E-state index is -2.14. The van der Waals surface area contributed by atoms with Gasteiger partial charge >= 0.3 is 8.03 Å². The zero-order valence-electron chi connectivity index (χ0n) is 14.1. The van der Waals surface area contributed by atoms with E-state index in [4.69, 9.17) is 4.89 Å². The van der Waals surface area contributed by atoms with E-state index in [1.54, 1.807) is 0 Å². The van der Waals surface area contributed by atoms with Crippen LogP contribution >= 0.6 is 8.03 Å². The second-order valence-corrected chi connectivity index (χ2v) is 7.17. The van der Waals surface area contributed by atoms with Gasteiger partial charge in [0.25, 0.3) is 0 Å². The van der Waals surface area contributed by atoms with E-state index in [2.05, 4.69) is 36.5 Å². The summed E-state index contributed by atoms with van der Waals surface area (Å²) in [6, 6.07) is 8.61. The Balaban J connectivity index is 2.26. The lowest BCUT2D eigenvalue weighted by atomic mass is 10.0. The molecule has 0 aliphatic heterocycles. The van der Waals surface area contributed by atoms with Crippen molar-refractivity contribution in [3.05, 3.63) is 35.4 Å². The molecule has 0 saturated heterocycles. The zero-order valence-corrected chi connectivity index (χ0v) is 14.9. The number of hydrogen-bond donors (Lipinski definition) is 2. The third-order valence-corrected chi connectivity index (χ3v) is 5.12. The lowest BCUT2D eigenvalue weighted by Crippen LogP contribution is -2.24. The SMILES string of the molecule is CCCCCCCCc1ccc(CNC(CC)[P+](=O)O)cc1. The molecule has 2 atom stereocenters. The standard InChI is InChI=1S/C18H30NO2P/c1-3-5-6-7-8-9-10-16-11-13-17(14-12-16)15-19-18(4-2)22(20)21/h11-14,18-19H,3-10,15H2,1-2H3/p+1. The van der Waals surface area contributed by atoms with Crippen molar-refractivity contribution >= 4 is 8.03 Å². The first kappa shape index (κ1) is 19.3. The van der Waals surface area contributed by atoms with E-state index in [-0.39, 0.29) is 5.78 Å². The van der Waals surface area contributed by atoms with Crippen LogP contribution in [-0.4, -0.2) is 10.7 Å². The minimum Gasteiger partial charge on any atom is -0.267 e. The van der Waals surface area contributed by atoms with E-state index in [1.165, 1.54) is 49.7 Å². The molecule has 0 saturated carbocycles. The molecule has 3 nitrogen and oxygen atoms in total. The molecular formula is C18H31NO2P+. The van der Waals surface area contributed by atoms with Crippen LogP contribution in [0.25, 0.3) is 0 Å². The van der Waals surface area contributed by atoms with Gasteiger partial charge in [-0.1, -0.05) is 70.2 Å². The van der Waals surface area contributed by atoms with Crippen LogP contribution in [0.1, 0.15) is 69.9 Å². The van der Waals surface area contributed by atoms with Crippen molar-refractivity contribution in [3.8, 4) is 0 Å². The molecule has 1 rings (SSSR count). The highest BCUT2D eigenvalue weighted by Crippen LogP contribution is 2.22. The summed E-state index contributed by atoms with van der Waals surface area (Å²) in [4.78, 5) is 9.16. The highest BCUT2D eigenvalue weighted by Gasteiger charge is 2.25. The molecule has 0 spiro atoms. The summed E-state index contributed by atoms with van der Waals surface area (Å²) >= 11 is 0. The van der Waals surface area contributed by atoms with Crippen molar-refractivity contribution in [2.24, 2.45) is 0 Å². The van der Waals surface area contributed by atoms with Crippen LogP contribution in [0, 0.1) is 0 Å². The quantitative estimate of drug-likeness (QED) is 0.413. The molecule has 0 radical (unpaired) electrons. The van der Waals surface area contributed by atoms with Gasteiger partial charge in [-0.2, -0.15) is 4.89 Å². The zero-order chi connectivity index (χ0) is 16.2. The lowest BCUT2D eigenvalue weighted by molar-refractivity contribution is 0.466. The Labute approximate surface area is 136 Å². The Morgan fingerprint density at radius 1 is 1.00 bits per heavy atom. The fourth-order valence-corrected chi connectivity index (χ4v) is 3.11. The van der Waals surface area contributed by atoms with Crippen LogP contribution in [0.4, 0.5) is 0 Å². The second kappa shape index (κ2) is 11.8. The number of hydrogen-bond acceptors (Lipinski definition) is 2. The van der Waals surface area contributed by atoms with Gasteiger partial charge in [0.05, 0.1) is 0 Å². The maximum Gasteiger partial charge on any atom is 0.524 e. The number of nitrogens with one attached hydrogen (secondary N) is 1. The molecule has 0 bridgehead atoms. The van der Waals surface area contributed by atoms with E-state index in [0.717, 1.165) is 6.42 Å². The van der Waals surface area contributed by atoms with Crippen LogP contribution in [0.2, 0.25) is 0 Å². The first-order chi connectivity index (χ1) is 10.7. The van der Waals surface area contributed by atoms with Crippen molar-refractivity contribution < 1.29 is 9.46 Å². The van der Waals surface area contributed by atoms with Crippen LogP contribution in [0.3, 0.4) is 0 Å². The van der Waals surface area contributed by atoms with Crippen molar-refractivity contribution in [1.29, 1.82) is 0 Å². The fraction of sp³-hybridized carbons (Fsp3) is 0.667. The van der Waals surface area contributed by atoms with Crippen LogP contribution in [0.5, 0.6) is 0 Å². The summed E-state index contributed by atoms with van der Waals surface area (Å²) < 4.78 is 11.1. The molecule has 22 heavy (non-hydrogen) atoms. The number of aryl methyl sites for hydroxylation is 1. The Morgan fingerprint density at radius 2 is 1.59 bits per heavy atom. The van der Waals surface area contributed by atoms with Crippen molar-refractivity contribution in [1.82, 2.24) is 5.32 Å². The fourth-order valence-electron chi connectivity index (χ4n) is 2.55. The van der Waals surface area contributed by atoms with Gasteiger partial charge in [-0.05, 0) is 28.5 Å². The molecular weight excluding hydrogens is 293 g/mol. The largest absolute Gasteiger partial charge is 0.524 e. The van der Waals surface area contributed by atoms with Gasteiger partial charge < -0.3 is 0 Å². The monoisotopic (exact) mass is 324 g/mol. The molecule has 2 N–H and O–H groups in total. The second-order valence-electron chi connectivity index (χ2n) is 5.94. The van der Waals surface area contributed by atoms with Crippen LogP contribution in [0.15, 0.2) is 24.3 Å². The Kier molecular flexibility index (Phi) is 10.3. The van der Waals surface area contributed by atoms with Crippen LogP contribution < -0.4 is 5.32 Å². The van der Waals surface area contributed by atoms with Crippen LogP contribution in [-0.2, 0) is 17.5 Å². The number of unbranched alkanes of at least 4 members (excludes halogenated alkanes) is 5. The smallest absolute Gasteiger partial charge is 0.267 e. The molecule has 0 aromatic heterocycles. The number of benzene rings is 1. The van der Waals surface area contributed by atoms with Gasteiger partial charge in [0.1, 0.15) is 0 Å². The topological polar surface area (TPSA) is 49.3 Å². The normalized spacial score (nSPS) is 13.1. The summed E-state index contributed by atoms with van der Waals surface area (Å²) in [7, 11) is -2.14. The maximum atomic E-state index is 11.1. The van der Waals surface area contributed by atoms with E-state index in [0.29, 0.717) is 13.0 Å². The first-order valence-electron chi connectivity index (χ1n) is 8.63. The lowest BCUT2D eigenvalue weighted by Gasteiger charge is -2.07. The van der Waals surface area contributed by atoms with Crippen molar-refractivity contribution in [3.63, 3.8) is 0 Å². The highest BCUT2D eigenvalue weighted by molar-refractivity contribution is 7.38.